The molecule has 0 saturated carbocycles. The van der Waals surface area contributed by atoms with Gasteiger partial charge in [-0.05, 0) is 29.3 Å². The SMILES string of the molecule is Cl.Cl.O=C(CSCc1cccnc1)N1CCNCC1c1cccc(Cl)c1. The maximum absolute atomic E-state index is 12.7. The van der Waals surface area contributed by atoms with Crippen molar-refractivity contribution in [2.45, 2.75) is 11.8 Å². The van der Waals surface area contributed by atoms with E-state index in [-0.39, 0.29) is 36.8 Å². The number of carbonyl (C=O) groups is 1. The number of nitrogens with zero attached hydrogens (tertiary/aromatic N) is 2. The van der Waals surface area contributed by atoms with Gasteiger partial charge in [-0.1, -0.05) is 29.8 Å². The maximum Gasteiger partial charge on any atom is 0.233 e. The third kappa shape index (κ3) is 6.32. The number of thioether (sulfide) groups is 1. The summed E-state index contributed by atoms with van der Waals surface area (Å²) < 4.78 is 0. The number of aromatic nitrogens is 1. The predicted octanol–water partition coefficient (Wildman–Crippen LogP) is 3.98. The maximum atomic E-state index is 12.7. The van der Waals surface area contributed by atoms with Crippen molar-refractivity contribution in [3.63, 3.8) is 0 Å². The summed E-state index contributed by atoms with van der Waals surface area (Å²) in [7, 11) is 0. The van der Waals surface area contributed by atoms with Crippen molar-refractivity contribution in [3.05, 3.63) is 64.9 Å². The molecule has 1 aromatic heterocycles. The molecule has 1 aliphatic heterocycles. The number of rotatable bonds is 5. The van der Waals surface area contributed by atoms with Gasteiger partial charge in [0, 0.05) is 42.8 Å². The van der Waals surface area contributed by atoms with Gasteiger partial charge in [-0.25, -0.2) is 0 Å². The van der Waals surface area contributed by atoms with Crippen LogP contribution in [-0.2, 0) is 10.5 Å². The van der Waals surface area contributed by atoms with Crippen molar-refractivity contribution < 1.29 is 4.79 Å². The van der Waals surface area contributed by atoms with Gasteiger partial charge in [-0.2, -0.15) is 0 Å². The second-order valence-electron chi connectivity index (χ2n) is 5.72. The molecule has 1 fully saturated rings. The summed E-state index contributed by atoms with van der Waals surface area (Å²) in [6.45, 7) is 2.32. The number of nitrogens with one attached hydrogen (secondary N) is 1. The van der Waals surface area contributed by atoms with Gasteiger partial charge in [0.25, 0.3) is 0 Å². The minimum atomic E-state index is 0. The van der Waals surface area contributed by atoms with Crippen LogP contribution in [0.15, 0.2) is 48.8 Å². The summed E-state index contributed by atoms with van der Waals surface area (Å²) in [5.41, 5.74) is 2.22. The van der Waals surface area contributed by atoms with E-state index < -0.39 is 0 Å². The molecule has 1 atom stereocenters. The molecule has 1 aromatic carbocycles. The highest BCUT2D eigenvalue weighted by Gasteiger charge is 2.27. The Hall–Kier alpha value is -0.980. The fourth-order valence-electron chi connectivity index (χ4n) is 2.84. The smallest absolute Gasteiger partial charge is 0.233 e. The number of pyridine rings is 1. The van der Waals surface area contributed by atoms with Crippen molar-refractivity contribution in [2.75, 3.05) is 25.4 Å². The molecule has 142 valence electrons. The molecule has 26 heavy (non-hydrogen) atoms. The zero-order valence-electron chi connectivity index (χ0n) is 14.1. The molecule has 0 bridgehead atoms. The van der Waals surface area contributed by atoms with E-state index in [9.17, 15) is 4.79 Å². The highest BCUT2D eigenvalue weighted by atomic mass is 35.5. The van der Waals surface area contributed by atoms with Gasteiger partial charge < -0.3 is 10.2 Å². The van der Waals surface area contributed by atoms with Crippen LogP contribution in [0.25, 0.3) is 0 Å². The zero-order chi connectivity index (χ0) is 16.8. The molecular formula is C18H22Cl3N3OS. The summed E-state index contributed by atoms with van der Waals surface area (Å²) in [6.07, 6.45) is 3.60. The molecule has 0 aliphatic carbocycles. The first-order chi connectivity index (χ1) is 11.7. The monoisotopic (exact) mass is 433 g/mol. The van der Waals surface area contributed by atoms with Gasteiger partial charge in [0.05, 0.1) is 11.8 Å². The molecule has 1 N–H and O–H groups in total. The lowest BCUT2D eigenvalue weighted by atomic mass is 10.0. The number of hydrogen-bond acceptors (Lipinski definition) is 4. The fourth-order valence-corrected chi connectivity index (χ4v) is 3.88. The van der Waals surface area contributed by atoms with Crippen LogP contribution in [0, 0.1) is 0 Å². The fraction of sp³-hybridized carbons (Fsp3) is 0.333. The van der Waals surface area contributed by atoms with Gasteiger partial charge in [-0.15, -0.1) is 36.6 Å². The molecule has 4 nitrogen and oxygen atoms in total. The number of halogens is 3. The first kappa shape index (κ1) is 23.1. The standard InChI is InChI=1S/C18H20ClN3OS.2ClH/c19-16-5-1-4-15(9-16)17-11-21-7-8-22(17)18(23)13-24-12-14-3-2-6-20-10-14;;/h1-6,9-10,17,21H,7-8,11-13H2;2*1H. The quantitative estimate of drug-likeness (QED) is 0.773. The minimum Gasteiger partial charge on any atom is -0.332 e. The summed E-state index contributed by atoms with van der Waals surface area (Å²) in [5.74, 6) is 1.45. The molecule has 1 unspecified atom stereocenters. The molecule has 8 heteroatoms. The second-order valence-corrected chi connectivity index (χ2v) is 7.14. The Morgan fingerprint density at radius 1 is 1.31 bits per heavy atom. The van der Waals surface area contributed by atoms with Crippen molar-refractivity contribution in [2.24, 2.45) is 0 Å². The predicted molar refractivity (Wildman–Crippen MR) is 114 cm³/mol. The van der Waals surface area contributed by atoms with E-state index in [0.29, 0.717) is 10.8 Å². The largest absolute Gasteiger partial charge is 0.332 e. The highest BCUT2D eigenvalue weighted by molar-refractivity contribution is 7.99. The van der Waals surface area contributed by atoms with Crippen LogP contribution in [0.5, 0.6) is 0 Å². The van der Waals surface area contributed by atoms with Crippen molar-refractivity contribution in [1.82, 2.24) is 15.2 Å². The van der Waals surface area contributed by atoms with Crippen LogP contribution in [0.2, 0.25) is 5.02 Å². The summed E-state index contributed by atoms with van der Waals surface area (Å²) in [6, 6.07) is 11.8. The number of amides is 1. The average Bonchev–Trinajstić information content (AvgIpc) is 2.62. The molecule has 1 saturated heterocycles. The lowest BCUT2D eigenvalue weighted by Crippen LogP contribution is -2.49. The molecule has 2 aromatic rings. The first-order valence-electron chi connectivity index (χ1n) is 7.96. The molecule has 0 spiro atoms. The average molecular weight is 435 g/mol. The third-order valence-corrected chi connectivity index (χ3v) is 5.24. The Morgan fingerprint density at radius 3 is 2.88 bits per heavy atom. The Morgan fingerprint density at radius 2 is 2.15 bits per heavy atom. The van der Waals surface area contributed by atoms with E-state index in [4.69, 9.17) is 11.6 Å². The zero-order valence-corrected chi connectivity index (χ0v) is 17.3. The Balaban J connectivity index is 0.00000169. The van der Waals surface area contributed by atoms with Crippen LogP contribution in [0.1, 0.15) is 17.2 Å². The number of carbonyl (C=O) groups excluding carboxylic acids is 1. The minimum absolute atomic E-state index is 0. The topological polar surface area (TPSA) is 45.2 Å². The summed E-state index contributed by atoms with van der Waals surface area (Å²) >= 11 is 7.74. The van der Waals surface area contributed by atoms with E-state index in [2.05, 4.69) is 10.3 Å². The van der Waals surface area contributed by atoms with Crippen LogP contribution >= 0.6 is 48.2 Å². The normalized spacial score (nSPS) is 16.3. The van der Waals surface area contributed by atoms with Gasteiger partial charge in [0.2, 0.25) is 5.91 Å². The van der Waals surface area contributed by atoms with Crippen molar-refractivity contribution in [1.29, 1.82) is 0 Å². The number of benzene rings is 1. The van der Waals surface area contributed by atoms with Crippen LogP contribution in [0.4, 0.5) is 0 Å². The molecule has 1 amide bonds. The molecule has 2 heterocycles. The van der Waals surface area contributed by atoms with Gasteiger partial charge in [-0.3, -0.25) is 9.78 Å². The molecular weight excluding hydrogens is 413 g/mol. The third-order valence-electron chi connectivity index (χ3n) is 4.01. The van der Waals surface area contributed by atoms with E-state index in [1.165, 1.54) is 0 Å². The number of hydrogen-bond donors (Lipinski definition) is 1. The Labute approximate surface area is 175 Å². The summed E-state index contributed by atoms with van der Waals surface area (Å²) in [5, 5.41) is 4.07. The first-order valence-corrected chi connectivity index (χ1v) is 9.49. The van der Waals surface area contributed by atoms with E-state index in [1.807, 2.05) is 47.5 Å². The van der Waals surface area contributed by atoms with E-state index in [1.54, 1.807) is 18.0 Å². The van der Waals surface area contributed by atoms with Crippen LogP contribution in [0.3, 0.4) is 0 Å². The molecule has 3 rings (SSSR count). The summed E-state index contributed by atoms with van der Waals surface area (Å²) in [4.78, 5) is 18.8. The van der Waals surface area contributed by atoms with Crippen LogP contribution in [-0.4, -0.2) is 41.2 Å². The van der Waals surface area contributed by atoms with E-state index in [0.717, 1.165) is 36.5 Å². The van der Waals surface area contributed by atoms with Gasteiger partial charge in [0.1, 0.15) is 0 Å². The van der Waals surface area contributed by atoms with Gasteiger partial charge >= 0.3 is 0 Å². The number of piperazine rings is 1. The van der Waals surface area contributed by atoms with Gasteiger partial charge in [0.15, 0.2) is 0 Å². The van der Waals surface area contributed by atoms with Crippen molar-refractivity contribution >= 4 is 54.1 Å². The lowest BCUT2D eigenvalue weighted by Gasteiger charge is -2.36. The van der Waals surface area contributed by atoms with Crippen molar-refractivity contribution in [3.8, 4) is 0 Å². The second kappa shape index (κ2) is 11.7. The van der Waals surface area contributed by atoms with Crippen LogP contribution < -0.4 is 5.32 Å². The molecule has 1 aliphatic rings. The highest BCUT2D eigenvalue weighted by Crippen LogP contribution is 2.25. The van der Waals surface area contributed by atoms with E-state index >= 15 is 0 Å². The Kier molecular flexibility index (Phi) is 10.4. The Bertz CT molecular complexity index is 690. The lowest BCUT2D eigenvalue weighted by molar-refractivity contribution is -0.131. The molecule has 0 radical (unpaired) electrons.